The highest BCUT2D eigenvalue weighted by Crippen LogP contribution is 2.30. The molecule has 0 radical (unpaired) electrons. The number of ether oxygens (including phenoxy) is 4. The number of hydrogen-bond donors (Lipinski definition) is 7. The number of hydrogen-bond acceptors (Lipinski definition) is 11. The molecular formula is C23H42O11. The van der Waals surface area contributed by atoms with Crippen LogP contribution in [-0.4, -0.2) is 117 Å². The third kappa shape index (κ3) is 7.07. The van der Waals surface area contributed by atoms with Crippen molar-refractivity contribution < 1.29 is 54.7 Å². The Balaban J connectivity index is 1.45. The zero-order valence-electron chi connectivity index (χ0n) is 19.6. The minimum Gasteiger partial charge on any atom is -0.394 e. The summed E-state index contributed by atoms with van der Waals surface area (Å²) in [5, 5.41) is 70.2. The Hall–Kier alpha value is -0.440. The van der Waals surface area contributed by atoms with Gasteiger partial charge in [0, 0.05) is 6.61 Å². The van der Waals surface area contributed by atoms with Crippen LogP contribution < -0.4 is 0 Å². The van der Waals surface area contributed by atoms with Gasteiger partial charge >= 0.3 is 0 Å². The molecule has 3 rings (SSSR count). The molecule has 3 aliphatic rings. The summed E-state index contributed by atoms with van der Waals surface area (Å²) in [6, 6.07) is 0. The summed E-state index contributed by atoms with van der Waals surface area (Å²) in [6.45, 7) is -0.889. The molecular weight excluding hydrogens is 452 g/mol. The largest absolute Gasteiger partial charge is 0.394 e. The lowest BCUT2D eigenvalue weighted by Crippen LogP contribution is -2.64. The molecule has 34 heavy (non-hydrogen) atoms. The number of rotatable bonds is 11. The van der Waals surface area contributed by atoms with Crippen LogP contribution in [0.1, 0.15) is 57.8 Å². The second-order valence-corrected chi connectivity index (χ2v) is 9.73. The van der Waals surface area contributed by atoms with Gasteiger partial charge in [0.25, 0.3) is 0 Å². The molecule has 200 valence electrons. The first-order chi connectivity index (χ1) is 16.4. The average molecular weight is 495 g/mol. The van der Waals surface area contributed by atoms with Crippen molar-refractivity contribution in [3.8, 4) is 0 Å². The third-order valence-corrected chi connectivity index (χ3v) is 7.22. The average Bonchev–Trinajstić information content (AvgIpc) is 2.85. The van der Waals surface area contributed by atoms with Crippen molar-refractivity contribution in [1.82, 2.24) is 0 Å². The second kappa shape index (κ2) is 13.8. The molecule has 11 heteroatoms. The standard InChI is InChI=1S/C23H42O11/c24-11-14-16(26)17(27)19(29)23(32-14)34-21-15(12-25)33-22(20(30)18(21)28)31-10-6-2-5-9-13-7-3-1-4-8-13/h13-30H,1-12H2/t14-,15+,16+,17-,18-,19+,20-,21+,22+,23-/m0/s1. The molecule has 2 saturated heterocycles. The normalized spacial score (nSPS) is 42.1. The molecule has 0 bridgehead atoms. The van der Waals surface area contributed by atoms with E-state index in [0.29, 0.717) is 6.61 Å². The number of aliphatic hydroxyl groups excluding tert-OH is 7. The van der Waals surface area contributed by atoms with Crippen LogP contribution in [0.2, 0.25) is 0 Å². The third-order valence-electron chi connectivity index (χ3n) is 7.22. The van der Waals surface area contributed by atoms with E-state index < -0.39 is 74.6 Å². The highest BCUT2D eigenvalue weighted by molar-refractivity contribution is 4.94. The van der Waals surface area contributed by atoms with Crippen molar-refractivity contribution in [2.45, 2.75) is 119 Å². The topological polar surface area (TPSA) is 179 Å². The molecule has 7 N–H and O–H groups in total. The minimum atomic E-state index is -1.69. The quantitative estimate of drug-likeness (QED) is 0.171. The van der Waals surface area contributed by atoms with Crippen molar-refractivity contribution in [3.63, 3.8) is 0 Å². The molecule has 10 atom stereocenters. The van der Waals surface area contributed by atoms with Gasteiger partial charge in [-0.05, 0) is 12.3 Å². The fourth-order valence-electron chi connectivity index (χ4n) is 5.08. The van der Waals surface area contributed by atoms with E-state index in [-0.39, 0.29) is 0 Å². The summed E-state index contributed by atoms with van der Waals surface area (Å²) < 4.78 is 22.1. The van der Waals surface area contributed by atoms with Crippen molar-refractivity contribution in [3.05, 3.63) is 0 Å². The van der Waals surface area contributed by atoms with E-state index in [4.69, 9.17) is 18.9 Å². The Morgan fingerprint density at radius 3 is 1.97 bits per heavy atom. The second-order valence-electron chi connectivity index (χ2n) is 9.73. The summed E-state index contributed by atoms with van der Waals surface area (Å²) >= 11 is 0. The van der Waals surface area contributed by atoms with Gasteiger partial charge in [-0.15, -0.1) is 0 Å². The van der Waals surface area contributed by atoms with Gasteiger partial charge in [-0.3, -0.25) is 0 Å². The highest BCUT2D eigenvalue weighted by atomic mass is 16.7. The lowest BCUT2D eigenvalue weighted by Gasteiger charge is -2.45. The van der Waals surface area contributed by atoms with Gasteiger partial charge in [0.15, 0.2) is 12.6 Å². The lowest BCUT2D eigenvalue weighted by atomic mass is 9.86. The van der Waals surface area contributed by atoms with Gasteiger partial charge in [-0.1, -0.05) is 51.4 Å². The predicted octanol–water partition coefficient (Wildman–Crippen LogP) is -1.23. The van der Waals surface area contributed by atoms with Crippen LogP contribution in [0.5, 0.6) is 0 Å². The van der Waals surface area contributed by atoms with E-state index in [2.05, 4.69) is 0 Å². The molecule has 1 saturated carbocycles. The first-order valence-corrected chi connectivity index (χ1v) is 12.6. The van der Waals surface area contributed by atoms with Gasteiger partial charge in [0.2, 0.25) is 0 Å². The molecule has 2 heterocycles. The molecule has 0 aromatic rings. The molecule has 2 aliphatic heterocycles. The molecule has 0 unspecified atom stereocenters. The van der Waals surface area contributed by atoms with E-state index in [1.54, 1.807) is 0 Å². The highest BCUT2D eigenvalue weighted by Gasteiger charge is 2.50. The summed E-state index contributed by atoms with van der Waals surface area (Å²) in [5.41, 5.74) is 0. The van der Waals surface area contributed by atoms with E-state index in [0.717, 1.165) is 25.2 Å². The smallest absolute Gasteiger partial charge is 0.187 e. The molecule has 1 aliphatic carbocycles. The Morgan fingerprint density at radius 1 is 0.647 bits per heavy atom. The summed E-state index contributed by atoms with van der Waals surface area (Å²) in [5.74, 6) is 0.833. The maximum absolute atomic E-state index is 10.6. The zero-order chi connectivity index (χ0) is 24.7. The van der Waals surface area contributed by atoms with Crippen LogP contribution >= 0.6 is 0 Å². The fourth-order valence-corrected chi connectivity index (χ4v) is 5.08. The van der Waals surface area contributed by atoms with E-state index >= 15 is 0 Å². The van der Waals surface area contributed by atoms with Gasteiger partial charge < -0.3 is 54.7 Å². The van der Waals surface area contributed by atoms with Crippen LogP contribution in [0.3, 0.4) is 0 Å². The van der Waals surface area contributed by atoms with Crippen molar-refractivity contribution in [1.29, 1.82) is 0 Å². The van der Waals surface area contributed by atoms with Crippen molar-refractivity contribution >= 4 is 0 Å². The first kappa shape index (κ1) is 28.1. The van der Waals surface area contributed by atoms with Crippen molar-refractivity contribution in [2.75, 3.05) is 19.8 Å². The van der Waals surface area contributed by atoms with Crippen LogP contribution in [-0.2, 0) is 18.9 Å². The molecule has 0 aromatic heterocycles. The molecule has 0 spiro atoms. The molecule has 11 nitrogen and oxygen atoms in total. The summed E-state index contributed by atoms with van der Waals surface area (Å²) in [7, 11) is 0. The Bertz CT molecular complexity index is 571. The van der Waals surface area contributed by atoms with Crippen LogP contribution in [0, 0.1) is 5.92 Å². The Labute approximate surface area is 200 Å². The maximum Gasteiger partial charge on any atom is 0.187 e. The zero-order valence-corrected chi connectivity index (χ0v) is 19.6. The molecule has 0 aromatic carbocycles. The number of aliphatic hydroxyl groups is 7. The number of unbranched alkanes of at least 4 members (excludes halogenated alkanes) is 2. The summed E-state index contributed by atoms with van der Waals surface area (Å²) in [4.78, 5) is 0. The fraction of sp³-hybridized carbons (Fsp3) is 1.00. The van der Waals surface area contributed by atoms with E-state index in [1.165, 1.54) is 38.5 Å². The minimum absolute atomic E-state index is 0.329. The SMILES string of the molecule is OC[C@@H]1O[C@@H](O[C@H]2[C@@H](O)[C@H](O)[C@H](OCCCCCC3CCCCC3)O[C@@H]2CO)[C@H](O)[C@@H](O)[C@@H]1O. The van der Waals surface area contributed by atoms with Crippen LogP contribution in [0.15, 0.2) is 0 Å². The van der Waals surface area contributed by atoms with E-state index in [1.807, 2.05) is 0 Å². The monoisotopic (exact) mass is 494 g/mol. The summed E-state index contributed by atoms with van der Waals surface area (Å²) in [6.07, 6.45) is -3.49. The van der Waals surface area contributed by atoms with Crippen LogP contribution in [0.4, 0.5) is 0 Å². The van der Waals surface area contributed by atoms with Gasteiger partial charge in [0.05, 0.1) is 13.2 Å². The van der Waals surface area contributed by atoms with E-state index in [9.17, 15) is 35.7 Å². The Kier molecular flexibility index (Phi) is 11.4. The first-order valence-electron chi connectivity index (χ1n) is 12.6. The molecule has 0 amide bonds. The van der Waals surface area contributed by atoms with Gasteiger partial charge in [-0.25, -0.2) is 0 Å². The Morgan fingerprint density at radius 2 is 1.29 bits per heavy atom. The molecule has 3 fully saturated rings. The maximum atomic E-state index is 10.6. The van der Waals surface area contributed by atoms with Crippen molar-refractivity contribution in [2.24, 2.45) is 5.92 Å². The lowest BCUT2D eigenvalue weighted by molar-refractivity contribution is -0.359. The predicted molar refractivity (Wildman–Crippen MR) is 117 cm³/mol. The van der Waals surface area contributed by atoms with Gasteiger partial charge in [-0.2, -0.15) is 0 Å². The van der Waals surface area contributed by atoms with Crippen LogP contribution in [0.25, 0.3) is 0 Å². The van der Waals surface area contributed by atoms with Gasteiger partial charge in [0.1, 0.15) is 48.8 Å².